The van der Waals surface area contributed by atoms with E-state index < -0.39 is 35.5 Å². The minimum atomic E-state index is -2.21. The van der Waals surface area contributed by atoms with E-state index in [-0.39, 0.29) is 60.7 Å². The minimum Gasteiger partial charge on any atom is -0.463 e. The third-order valence-corrected chi connectivity index (χ3v) is 6.85. The number of esters is 2. The second-order valence-electron chi connectivity index (χ2n) is 9.80. The Kier molecular flexibility index (Phi) is 8.90. The first-order chi connectivity index (χ1) is 19.4. The van der Waals surface area contributed by atoms with Gasteiger partial charge < -0.3 is 24.7 Å². The Morgan fingerprint density at radius 3 is 2.39 bits per heavy atom. The number of Topliss-reactive ketones (excluding diaryl/α,β-unsaturated/α-hetero) is 1. The predicted molar refractivity (Wildman–Crippen MR) is 145 cm³/mol. The van der Waals surface area contributed by atoms with Crippen molar-refractivity contribution in [1.29, 1.82) is 0 Å². The number of hydrogen-bond acceptors (Lipinski definition) is 11. The average Bonchev–Trinajstić information content (AvgIpc) is 3.46. The van der Waals surface area contributed by atoms with Crippen LogP contribution in [0.1, 0.15) is 56.3 Å². The smallest absolute Gasteiger partial charge is 0.350 e. The fourth-order valence-electron chi connectivity index (χ4n) is 4.73. The number of ether oxygens (including phenoxy) is 4. The molecule has 0 bridgehead atoms. The number of alkyl halides is 1. The van der Waals surface area contributed by atoms with Gasteiger partial charge in [-0.15, -0.1) is 0 Å². The van der Waals surface area contributed by atoms with Gasteiger partial charge in [0.05, 0.1) is 32.3 Å². The maximum atomic E-state index is 15.9. The maximum Gasteiger partial charge on any atom is 0.350 e. The monoisotopic (exact) mass is 591 g/mol. The van der Waals surface area contributed by atoms with E-state index in [4.69, 9.17) is 36.3 Å². The molecule has 4 rings (SSSR count). The summed E-state index contributed by atoms with van der Waals surface area (Å²) in [5, 5.41) is -0.139. The van der Waals surface area contributed by atoms with Crippen molar-refractivity contribution in [2.45, 2.75) is 64.1 Å². The van der Waals surface area contributed by atoms with Crippen LogP contribution in [0.2, 0.25) is 5.28 Å². The van der Waals surface area contributed by atoms with Crippen LogP contribution in [0, 0.1) is 0 Å². The van der Waals surface area contributed by atoms with Crippen molar-refractivity contribution in [2.24, 2.45) is 0 Å². The number of fused-ring (bicyclic) bond motifs is 1. The van der Waals surface area contributed by atoms with Crippen molar-refractivity contribution < 1.29 is 37.7 Å². The van der Waals surface area contributed by atoms with Gasteiger partial charge in [-0.2, -0.15) is 9.97 Å². The van der Waals surface area contributed by atoms with Crippen LogP contribution in [0.5, 0.6) is 0 Å². The third kappa shape index (κ3) is 6.16. The van der Waals surface area contributed by atoms with Gasteiger partial charge in [-0.25, -0.2) is 19.0 Å². The lowest BCUT2D eigenvalue weighted by atomic mass is 9.93. The van der Waals surface area contributed by atoms with Crippen molar-refractivity contribution in [2.75, 3.05) is 25.6 Å². The number of anilines is 1. The lowest BCUT2D eigenvalue weighted by Gasteiger charge is -2.30. The van der Waals surface area contributed by atoms with Crippen LogP contribution in [-0.2, 0) is 35.0 Å². The van der Waals surface area contributed by atoms with Gasteiger partial charge in [-0.1, -0.05) is 24.3 Å². The first kappa shape index (κ1) is 30.3. The van der Waals surface area contributed by atoms with Gasteiger partial charge in [0.1, 0.15) is 5.52 Å². The highest BCUT2D eigenvalue weighted by molar-refractivity contribution is 6.28. The van der Waals surface area contributed by atoms with Crippen molar-refractivity contribution in [3.05, 3.63) is 47.0 Å². The molecule has 0 aliphatic carbocycles. The van der Waals surface area contributed by atoms with Crippen molar-refractivity contribution in [1.82, 2.24) is 19.5 Å². The number of carbonyl (C=O) groups excluding carboxylic acids is 3. The summed E-state index contributed by atoms with van der Waals surface area (Å²) in [5.41, 5.74) is 3.11. The number of rotatable bonds is 11. The second-order valence-corrected chi connectivity index (χ2v) is 10.1. The SMILES string of the molecule is CCOC(=O)C(Cc1ccc(C(C)=O)cc1)(OC[C@@H]1C[C@@](C)(F)[C@H](n2cnc3c(N)nc(Cl)nc32)O1)C(=O)OCC. The van der Waals surface area contributed by atoms with Crippen LogP contribution in [0.25, 0.3) is 11.2 Å². The lowest BCUT2D eigenvalue weighted by Crippen LogP contribution is -2.54. The maximum absolute atomic E-state index is 15.9. The number of halogens is 2. The van der Waals surface area contributed by atoms with Gasteiger partial charge in [0.25, 0.3) is 5.60 Å². The summed E-state index contributed by atoms with van der Waals surface area (Å²) >= 11 is 5.96. The number of ketones is 1. The fraction of sp³-hybridized carbons (Fsp3) is 0.481. The van der Waals surface area contributed by atoms with Gasteiger partial charge in [0, 0.05) is 18.4 Å². The van der Waals surface area contributed by atoms with Crippen molar-refractivity contribution in [3.8, 4) is 0 Å². The Morgan fingerprint density at radius 2 is 1.80 bits per heavy atom. The summed E-state index contributed by atoms with van der Waals surface area (Å²) in [4.78, 5) is 50.4. The molecule has 41 heavy (non-hydrogen) atoms. The highest BCUT2D eigenvalue weighted by Crippen LogP contribution is 2.43. The zero-order valence-electron chi connectivity index (χ0n) is 23.1. The van der Waals surface area contributed by atoms with Gasteiger partial charge in [-0.05, 0) is 44.9 Å². The largest absolute Gasteiger partial charge is 0.463 e. The van der Waals surface area contributed by atoms with Crippen LogP contribution < -0.4 is 5.73 Å². The first-order valence-electron chi connectivity index (χ1n) is 13.0. The zero-order valence-corrected chi connectivity index (χ0v) is 23.8. The average molecular weight is 592 g/mol. The summed E-state index contributed by atoms with van der Waals surface area (Å²) in [7, 11) is 0. The summed E-state index contributed by atoms with van der Waals surface area (Å²) in [6, 6.07) is 6.37. The predicted octanol–water partition coefficient (Wildman–Crippen LogP) is 3.40. The molecule has 0 amide bonds. The molecule has 2 aromatic heterocycles. The molecule has 14 heteroatoms. The molecule has 3 heterocycles. The molecular weight excluding hydrogens is 561 g/mol. The van der Waals surface area contributed by atoms with E-state index in [0.29, 0.717) is 11.1 Å². The van der Waals surface area contributed by atoms with E-state index in [9.17, 15) is 14.4 Å². The standard InChI is InChI=1S/C27H31ClFN5O7/c1-5-38-23(36)27(24(37)39-6-2,11-16-7-9-17(10-8-16)15(3)35)40-13-18-12-26(4,29)22(41-18)34-14-31-19-20(30)32-25(28)33-21(19)34/h7-10,14,18,22H,5-6,11-13H2,1-4H3,(H2,30,32,33)/t18-,22+,26+/m0/s1. The molecule has 3 atom stereocenters. The Balaban J connectivity index is 1.62. The molecule has 1 aliphatic heterocycles. The van der Waals surface area contributed by atoms with Crippen LogP contribution in [0.3, 0.4) is 0 Å². The van der Waals surface area contributed by atoms with Gasteiger partial charge >= 0.3 is 11.9 Å². The molecule has 2 N–H and O–H groups in total. The van der Waals surface area contributed by atoms with E-state index in [2.05, 4.69) is 15.0 Å². The van der Waals surface area contributed by atoms with E-state index in [1.165, 1.54) is 24.7 Å². The molecule has 1 aliphatic rings. The van der Waals surface area contributed by atoms with E-state index >= 15 is 4.39 Å². The number of nitrogens with two attached hydrogens (primary N) is 1. The van der Waals surface area contributed by atoms with Crippen LogP contribution in [-0.4, -0.2) is 74.4 Å². The van der Waals surface area contributed by atoms with Crippen LogP contribution >= 0.6 is 11.6 Å². The molecule has 220 valence electrons. The summed E-state index contributed by atoms with van der Waals surface area (Å²) in [5.74, 6) is -2.04. The lowest BCUT2D eigenvalue weighted by molar-refractivity contribution is -0.195. The number of aromatic nitrogens is 4. The molecule has 3 aromatic rings. The second kappa shape index (κ2) is 12.0. The fourth-order valence-corrected chi connectivity index (χ4v) is 4.90. The summed E-state index contributed by atoms with van der Waals surface area (Å²) in [6.45, 7) is 5.53. The Hall–Kier alpha value is -3.68. The minimum absolute atomic E-state index is 0.0293. The third-order valence-electron chi connectivity index (χ3n) is 6.68. The Bertz CT molecular complexity index is 1430. The number of nitrogen functional groups attached to an aromatic ring is 1. The number of benzene rings is 1. The number of carbonyl (C=O) groups is 3. The molecule has 1 fully saturated rings. The number of nitrogens with zero attached hydrogens (tertiary/aromatic N) is 4. The zero-order chi connectivity index (χ0) is 29.9. The molecule has 1 aromatic carbocycles. The Labute approximate surface area is 240 Å². The van der Waals surface area contributed by atoms with E-state index in [1.54, 1.807) is 38.1 Å². The van der Waals surface area contributed by atoms with Gasteiger partial charge in [0.2, 0.25) is 5.28 Å². The molecular formula is C27H31ClFN5O7. The highest BCUT2D eigenvalue weighted by atomic mass is 35.5. The van der Waals surface area contributed by atoms with E-state index in [1.807, 2.05) is 0 Å². The Morgan fingerprint density at radius 1 is 1.17 bits per heavy atom. The normalized spacial score (nSPS) is 20.7. The van der Waals surface area contributed by atoms with Crippen LogP contribution in [0.15, 0.2) is 30.6 Å². The van der Waals surface area contributed by atoms with Gasteiger partial charge in [-0.3, -0.25) is 9.36 Å². The summed E-state index contributed by atoms with van der Waals surface area (Å²) < 4.78 is 39.7. The molecule has 12 nitrogen and oxygen atoms in total. The molecule has 0 saturated carbocycles. The highest BCUT2D eigenvalue weighted by Gasteiger charge is 2.53. The topological polar surface area (TPSA) is 158 Å². The number of imidazole rings is 1. The first-order valence-corrected chi connectivity index (χ1v) is 13.4. The molecule has 0 radical (unpaired) electrons. The molecule has 1 saturated heterocycles. The van der Waals surface area contributed by atoms with Crippen LogP contribution in [0.4, 0.5) is 10.2 Å². The quantitative estimate of drug-likeness (QED) is 0.151. The van der Waals surface area contributed by atoms with Crippen molar-refractivity contribution in [3.63, 3.8) is 0 Å². The summed E-state index contributed by atoms with van der Waals surface area (Å²) in [6.07, 6.45) is -1.19. The van der Waals surface area contributed by atoms with Gasteiger partial charge in [0.15, 0.2) is 29.1 Å². The molecule has 0 unspecified atom stereocenters. The van der Waals surface area contributed by atoms with Crippen molar-refractivity contribution >= 4 is 46.3 Å². The van der Waals surface area contributed by atoms with E-state index in [0.717, 1.165) is 0 Å². The molecule has 0 spiro atoms. The number of hydrogen-bond donors (Lipinski definition) is 1.